The van der Waals surface area contributed by atoms with Gasteiger partial charge in [0, 0.05) is 21.2 Å². The molecule has 5 rings (SSSR count). The Morgan fingerprint density at radius 3 is 2.72 bits per heavy atom. The van der Waals surface area contributed by atoms with Crippen LogP contribution < -0.4 is 5.32 Å². The predicted molar refractivity (Wildman–Crippen MR) is 132 cm³/mol. The van der Waals surface area contributed by atoms with Crippen LogP contribution in [0.15, 0.2) is 76.1 Å². The summed E-state index contributed by atoms with van der Waals surface area (Å²) in [6, 6.07) is 20.8. The third kappa shape index (κ3) is 4.40. The fraction of sp³-hybridized carbons (Fsp3) is 0.154. The molecule has 4 aromatic rings. The fourth-order valence-corrected chi connectivity index (χ4v) is 5.35. The molecule has 1 aliphatic carbocycles. The zero-order chi connectivity index (χ0) is 21.9. The molecule has 0 saturated heterocycles. The maximum Gasteiger partial charge on any atom is 0.259 e. The van der Waals surface area contributed by atoms with Gasteiger partial charge in [-0.1, -0.05) is 41.9 Å². The number of amides is 1. The highest BCUT2D eigenvalue weighted by molar-refractivity contribution is 7.16. The lowest BCUT2D eigenvalue weighted by Gasteiger charge is -2.12. The first kappa shape index (κ1) is 20.7. The van der Waals surface area contributed by atoms with Crippen LogP contribution in [-0.2, 0) is 12.8 Å². The number of carbonyl (C=O) groups excluding carboxylic acids is 1. The van der Waals surface area contributed by atoms with Crippen molar-refractivity contribution in [2.75, 3.05) is 5.32 Å². The SMILES string of the molecule is O=C(Nc1ccccc1)c1c(N=Cc2ccc(-c3cccc(Cl)c3)o2)sc2c1CCCC2. The predicted octanol–water partition coefficient (Wildman–Crippen LogP) is 7.54. The summed E-state index contributed by atoms with van der Waals surface area (Å²) in [5.74, 6) is 1.24. The van der Waals surface area contributed by atoms with Gasteiger partial charge in [0.2, 0.25) is 0 Å². The van der Waals surface area contributed by atoms with E-state index in [9.17, 15) is 4.79 Å². The van der Waals surface area contributed by atoms with Crippen molar-refractivity contribution in [1.82, 2.24) is 0 Å². The Kier molecular flexibility index (Phi) is 5.93. The molecule has 1 aliphatic rings. The van der Waals surface area contributed by atoms with Crippen LogP contribution in [0.3, 0.4) is 0 Å². The first-order chi connectivity index (χ1) is 15.7. The lowest BCUT2D eigenvalue weighted by Crippen LogP contribution is -2.14. The van der Waals surface area contributed by atoms with Gasteiger partial charge < -0.3 is 9.73 Å². The number of carbonyl (C=O) groups is 1. The Morgan fingerprint density at radius 2 is 1.88 bits per heavy atom. The highest BCUT2D eigenvalue weighted by atomic mass is 35.5. The first-order valence-electron chi connectivity index (χ1n) is 10.6. The Hall–Kier alpha value is -3.15. The van der Waals surface area contributed by atoms with Gasteiger partial charge in [0.1, 0.15) is 16.5 Å². The van der Waals surface area contributed by atoms with Gasteiger partial charge in [-0.25, -0.2) is 4.99 Å². The highest BCUT2D eigenvalue weighted by Crippen LogP contribution is 2.40. The average molecular weight is 461 g/mol. The Morgan fingerprint density at radius 1 is 1.03 bits per heavy atom. The standard InChI is InChI=1S/C26H21ClN2O2S/c27-18-8-6-7-17(15-18)22-14-13-20(31-22)16-28-26-24(21-11-4-5-12-23(21)32-26)25(30)29-19-9-2-1-3-10-19/h1-3,6-10,13-16H,4-5,11-12H2,(H,29,30). The van der Waals surface area contributed by atoms with Crippen molar-refractivity contribution in [3.8, 4) is 11.3 Å². The van der Waals surface area contributed by atoms with Crippen LogP contribution in [-0.4, -0.2) is 12.1 Å². The molecular formula is C26H21ClN2O2S. The summed E-state index contributed by atoms with van der Waals surface area (Å²) in [4.78, 5) is 19.1. The minimum Gasteiger partial charge on any atom is -0.455 e. The van der Waals surface area contributed by atoms with Crippen molar-refractivity contribution in [3.63, 3.8) is 0 Å². The molecule has 0 saturated carbocycles. The number of furan rings is 1. The van der Waals surface area contributed by atoms with Crippen molar-refractivity contribution < 1.29 is 9.21 Å². The summed E-state index contributed by atoms with van der Waals surface area (Å²) < 4.78 is 5.94. The maximum absolute atomic E-state index is 13.2. The van der Waals surface area contributed by atoms with Crippen LogP contribution in [0.2, 0.25) is 5.02 Å². The molecule has 0 spiro atoms. The third-order valence-corrected chi connectivity index (χ3v) is 6.89. The number of fused-ring (bicyclic) bond motifs is 1. The van der Waals surface area contributed by atoms with Crippen LogP contribution in [0, 0.1) is 0 Å². The molecule has 0 fully saturated rings. The lowest BCUT2D eigenvalue weighted by atomic mass is 9.95. The van der Waals surface area contributed by atoms with Gasteiger partial charge in [0.25, 0.3) is 5.91 Å². The topological polar surface area (TPSA) is 54.6 Å². The van der Waals surface area contributed by atoms with Gasteiger partial charge in [-0.05, 0) is 67.6 Å². The normalized spacial score (nSPS) is 13.3. The summed E-state index contributed by atoms with van der Waals surface area (Å²) in [5, 5.41) is 4.41. The van der Waals surface area contributed by atoms with Gasteiger partial charge in [-0.2, -0.15) is 0 Å². The van der Waals surface area contributed by atoms with Crippen molar-refractivity contribution in [2.24, 2.45) is 4.99 Å². The molecule has 2 aromatic heterocycles. The largest absolute Gasteiger partial charge is 0.455 e. The second-order valence-electron chi connectivity index (χ2n) is 7.68. The second kappa shape index (κ2) is 9.15. The van der Waals surface area contributed by atoms with E-state index in [-0.39, 0.29) is 5.91 Å². The van der Waals surface area contributed by atoms with Crippen LogP contribution >= 0.6 is 22.9 Å². The number of thiophene rings is 1. The van der Waals surface area contributed by atoms with Crippen molar-refractivity contribution in [2.45, 2.75) is 25.7 Å². The molecule has 2 aromatic carbocycles. The van der Waals surface area contributed by atoms with E-state index in [0.717, 1.165) is 53.3 Å². The number of benzene rings is 2. The van der Waals surface area contributed by atoms with Gasteiger partial charge in [-0.15, -0.1) is 11.3 Å². The summed E-state index contributed by atoms with van der Waals surface area (Å²) in [6.45, 7) is 0. The molecule has 0 bridgehead atoms. The highest BCUT2D eigenvalue weighted by Gasteiger charge is 2.25. The summed E-state index contributed by atoms with van der Waals surface area (Å²) in [5.41, 5.74) is 3.51. The number of anilines is 1. The minimum absolute atomic E-state index is 0.109. The van der Waals surface area contributed by atoms with Crippen molar-refractivity contribution in [3.05, 3.63) is 93.5 Å². The Labute approximate surface area is 195 Å². The van der Waals surface area contributed by atoms with Crippen LogP contribution in [0.25, 0.3) is 11.3 Å². The molecule has 6 heteroatoms. The molecule has 32 heavy (non-hydrogen) atoms. The third-order valence-electron chi connectivity index (χ3n) is 5.46. The molecule has 0 atom stereocenters. The number of hydrogen-bond donors (Lipinski definition) is 1. The zero-order valence-corrected chi connectivity index (χ0v) is 18.9. The number of aliphatic imine (C=N–C) groups is 1. The lowest BCUT2D eigenvalue weighted by molar-refractivity contribution is 0.102. The number of nitrogens with zero attached hydrogens (tertiary/aromatic N) is 1. The number of rotatable bonds is 5. The smallest absolute Gasteiger partial charge is 0.259 e. The van der Waals surface area contributed by atoms with E-state index in [4.69, 9.17) is 16.0 Å². The van der Waals surface area contributed by atoms with E-state index in [1.165, 1.54) is 4.88 Å². The molecule has 0 unspecified atom stereocenters. The number of para-hydroxylation sites is 1. The van der Waals surface area contributed by atoms with Crippen LogP contribution in [0.4, 0.5) is 10.7 Å². The number of nitrogens with one attached hydrogen (secondary N) is 1. The van der Waals surface area contributed by atoms with Crippen LogP contribution in [0.5, 0.6) is 0 Å². The summed E-state index contributed by atoms with van der Waals surface area (Å²) in [6.07, 6.45) is 5.85. The monoisotopic (exact) mass is 460 g/mol. The first-order valence-corrected chi connectivity index (χ1v) is 11.8. The van der Waals surface area contributed by atoms with E-state index in [1.807, 2.05) is 66.7 Å². The second-order valence-corrected chi connectivity index (χ2v) is 9.20. The van der Waals surface area contributed by atoms with E-state index in [2.05, 4.69) is 10.3 Å². The fourth-order valence-electron chi connectivity index (χ4n) is 3.93. The number of halogens is 1. The summed E-state index contributed by atoms with van der Waals surface area (Å²) in [7, 11) is 0. The quantitative estimate of drug-likeness (QED) is 0.312. The number of hydrogen-bond acceptors (Lipinski definition) is 4. The Balaban J connectivity index is 1.44. The van der Waals surface area contributed by atoms with Crippen molar-refractivity contribution >= 4 is 45.7 Å². The molecular weight excluding hydrogens is 440 g/mol. The molecule has 4 nitrogen and oxygen atoms in total. The van der Waals surface area contributed by atoms with Gasteiger partial charge in [0.15, 0.2) is 0 Å². The molecule has 0 radical (unpaired) electrons. The number of aryl methyl sites for hydroxylation is 1. The van der Waals surface area contributed by atoms with Gasteiger partial charge in [-0.3, -0.25) is 4.79 Å². The van der Waals surface area contributed by atoms with Gasteiger partial charge >= 0.3 is 0 Å². The van der Waals surface area contributed by atoms with E-state index < -0.39 is 0 Å². The zero-order valence-electron chi connectivity index (χ0n) is 17.3. The minimum atomic E-state index is -0.109. The van der Waals surface area contributed by atoms with E-state index >= 15 is 0 Å². The van der Waals surface area contributed by atoms with E-state index in [1.54, 1.807) is 17.6 Å². The molecule has 2 heterocycles. The average Bonchev–Trinajstić information content (AvgIpc) is 3.43. The maximum atomic E-state index is 13.2. The molecule has 160 valence electrons. The van der Waals surface area contributed by atoms with Gasteiger partial charge in [0.05, 0.1) is 11.8 Å². The molecule has 1 N–H and O–H groups in total. The van der Waals surface area contributed by atoms with E-state index in [0.29, 0.717) is 16.3 Å². The molecule has 0 aliphatic heterocycles. The summed E-state index contributed by atoms with van der Waals surface area (Å²) >= 11 is 7.70. The Bertz CT molecular complexity index is 1290. The molecule has 1 amide bonds. The van der Waals surface area contributed by atoms with Crippen molar-refractivity contribution in [1.29, 1.82) is 0 Å². The van der Waals surface area contributed by atoms with Crippen LogP contribution in [0.1, 0.15) is 39.4 Å².